The van der Waals surface area contributed by atoms with Crippen molar-refractivity contribution in [2.45, 2.75) is 57.2 Å². The predicted octanol–water partition coefficient (Wildman–Crippen LogP) is 3.32. The van der Waals surface area contributed by atoms with Gasteiger partial charge in [-0.2, -0.15) is 0 Å². The van der Waals surface area contributed by atoms with E-state index in [4.69, 9.17) is 0 Å². The lowest BCUT2D eigenvalue weighted by molar-refractivity contribution is 0.160. The van der Waals surface area contributed by atoms with Gasteiger partial charge in [-0.25, -0.2) is 4.39 Å². The SMILES string of the molecule is CC1CCNC2(CCCC2)CN1Cc1ccc(F)cc1. The number of nitrogens with one attached hydrogen (secondary N) is 1. The molecule has 1 spiro atoms. The molecule has 1 heterocycles. The number of rotatable bonds is 2. The number of benzene rings is 1. The van der Waals surface area contributed by atoms with Gasteiger partial charge in [0.25, 0.3) is 0 Å². The van der Waals surface area contributed by atoms with Crippen molar-refractivity contribution in [2.75, 3.05) is 13.1 Å². The zero-order chi connectivity index (χ0) is 14.0. The first-order chi connectivity index (χ1) is 9.67. The van der Waals surface area contributed by atoms with Crippen LogP contribution in [0.15, 0.2) is 24.3 Å². The van der Waals surface area contributed by atoms with Crippen LogP contribution in [0.25, 0.3) is 0 Å². The molecule has 2 nitrogen and oxygen atoms in total. The lowest BCUT2D eigenvalue weighted by Crippen LogP contribution is -2.49. The lowest BCUT2D eigenvalue weighted by Gasteiger charge is -2.35. The highest BCUT2D eigenvalue weighted by atomic mass is 19.1. The third-order valence-electron chi connectivity index (χ3n) is 5.05. The van der Waals surface area contributed by atoms with Gasteiger partial charge in [-0.1, -0.05) is 25.0 Å². The monoisotopic (exact) mass is 276 g/mol. The second-order valence-corrected chi connectivity index (χ2v) is 6.58. The van der Waals surface area contributed by atoms with Crippen molar-refractivity contribution in [3.63, 3.8) is 0 Å². The summed E-state index contributed by atoms with van der Waals surface area (Å²) in [4.78, 5) is 2.58. The maximum Gasteiger partial charge on any atom is 0.123 e. The predicted molar refractivity (Wildman–Crippen MR) is 80.1 cm³/mol. The highest BCUT2D eigenvalue weighted by Crippen LogP contribution is 2.33. The number of hydrogen-bond acceptors (Lipinski definition) is 2. The minimum atomic E-state index is -0.147. The Hall–Kier alpha value is -0.930. The molecule has 0 amide bonds. The topological polar surface area (TPSA) is 15.3 Å². The third kappa shape index (κ3) is 3.04. The van der Waals surface area contributed by atoms with E-state index >= 15 is 0 Å². The van der Waals surface area contributed by atoms with Gasteiger partial charge in [-0.3, -0.25) is 4.90 Å². The molecule has 1 unspecified atom stereocenters. The van der Waals surface area contributed by atoms with E-state index in [-0.39, 0.29) is 5.82 Å². The summed E-state index contributed by atoms with van der Waals surface area (Å²) < 4.78 is 13.0. The number of hydrogen-bond donors (Lipinski definition) is 1. The van der Waals surface area contributed by atoms with Crippen molar-refractivity contribution < 1.29 is 4.39 Å². The molecule has 1 aliphatic carbocycles. The highest BCUT2D eigenvalue weighted by Gasteiger charge is 2.37. The van der Waals surface area contributed by atoms with Crippen LogP contribution < -0.4 is 5.32 Å². The Labute approximate surface area is 121 Å². The smallest absolute Gasteiger partial charge is 0.123 e. The molecular weight excluding hydrogens is 251 g/mol. The Balaban J connectivity index is 1.73. The van der Waals surface area contributed by atoms with Gasteiger partial charge in [0.15, 0.2) is 0 Å². The maximum absolute atomic E-state index is 13.0. The van der Waals surface area contributed by atoms with E-state index in [1.807, 2.05) is 12.1 Å². The van der Waals surface area contributed by atoms with E-state index in [2.05, 4.69) is 17.1 Å². The van der Waals surface area contributed by atoms with Gasteiger partial charge in [0, 0.05) is 24.7 Å². The van der Waals surface area contributed by atoms with Gasteiger partial charge in [0.05, 0.1) is 0 Å². The third-order valence-corrected chi connectivity index (χ3v) is 5.05. The summed E-state index contributed by atoms with van der Waals surface area (Å²) in [5, 5.41) is 3.81. The molecule has 110 valence electrons. The Morgan fingerprint density at radius 3 is 2.65 bits per heavy atom. The highest BCUT2D eigenvalue weighted by molar-refractivity contribution is 5.16. The number of nitrogens with zero attached hydrogens (tertiary/aromatic N) is 1. The molecular formula is C17H25FN2. The Morgan fingerprint density at radius 2 is 1.95 bits per heavy atom. The van der Waals surface area contributed by atoms with Gasteiger partial charge in [-0.15, -0.1) is 0 Å². The first-order valence-corrected chi connectivity index (χ1v) is 7.90. The first kappa shape index (κ1) is 14.0. The Kier molecular flexibility index (Phi) is 4.08. The molecule has 1 aromatic carbocycles. The van der Waals surface area contributed by atoms with Crippen LogP contribution in [-0.4, -0.2) is 29.6 Å². The van der Waals surface area contributed by atoms with Crippen LogP contribution >= 0.6 is 0 Å². The molecule has 0 aromatic heterocycles. The van der Waals surface area contributed by atoms with Crippen molar-refractivity contribution >= 4 is 0 Å². The van der Waals surface area contributed by atoms with E-state index in [0.29, 0.717) is 11.6 Å². The summed E-state index contributed by atoms with van der Waals surface area (Å²) in [6.07, 6.45) is 6.51. The largest absolute Gasteiger partial charge is 0.310 e. The quantitative estimate of drug-likeness (QED) is 0.891. The molecule has 1 atom stereocenters. The molecule has 0 bridgehead atoms. The average Bonchev–Trinajstić information content (AvgIpc) is 2.83. The van der Waals surface area contributed by atoms with E-state index in [0.717, 1.165) is 19.6 Å². The molecule has 20 heavy (non-hydrogen) atoms. The molecule has 1 saturated carbocycles. The summed E-state index contributed by atoms with van der Waals surface area (Å²) in [6, 6.07) is 7.57. The van der Waals surface area contributed by atoms with Crippen LogP contribution in [0.5, 0.6) is 0 Å². The summed E-state index contributed by atoms with van der Waals surface area (Å²) in [6.45, 7) is 5.51. The Morgan fingerprint density at radius 1 is 1.25 bits per heavy atom. The van der Waals surface area contributed by atoms with Crippen LogP contribution in [0.4, 0.5) is 4.39 Å². The van der Waals surface area contributed by atoms with Crippen molar-refractivity contribution in [3.8, 4) is 0 Å². The maximum atomic E-state index is 13.0. The van der Waals surface area contributed by atoms with Gasteiger partial charge in [0.1, 0.15) is 5.82 Å². The molecule has 3 rings (SSSR count). The second kappa shape index (κ2) is 5.82. The van der Waals surface area contributed by atoms with Crippen molar-refractivity contribution in [1.29, 1.82) is 0 Å². The zero-order valence-corrected chi connectivity index (χ0v) is 12.4. The standard InChI is InChI=1S/C17H25FN2/c1-14-8-11-19-17(9-2-3-10-17)13-20(14)12-15-4-6-16(18)7-5-15/h4-7,14,19H,2-3,8-13H2,1H3. The minimum absolute atomic E-state index is 0.147. The van der Waals surface area contributed by atoms with E-state index in [1.165, 1.54) is 37.7 Å². The van der Waals surface area contributed by atoms with Gasteiger partial charge in [0.2, 0.25) is 0 Å². The number of halogens is 1. The molecule has 1 N–H and O–H groups in total. The van der Waals surface area contributed by atoms with Gasteiger partial charge < -0.3 is 5.32 Å². The van der Waals surface area contributed by atoms with Crippen molar-refractivity contribution in [1.82, 2.24) is 10.2 Å². The summed E-state index contributed by atoms with van der Waals surface area (Å²) >= 11 is 0. The van der Waals surface area contributed by atoms with Crippen LogP contribution in [0.3, 0.4) is 0 Å². The molecule has 2 fully saturated rings. The molecule has 1 saturated heterocycles. The lowest BCUT2D eigenvalue weighted by atomic mass is 9.96. The minimum Gasteiger partial charge on any atom is -0.310 e. The molecule has 3 heteroatoms. The molecule has 1 aromatic rings. The average molecular weight is 276 g/mol. The van der Waals surface area contributed by atoms with E-state index in [9.17, 15) is 4.39 Å². The van der Waals surface area contributed by atoms with Crippen LogP contribution in [0.2, 0.25) is 0 Å². The second-order valence-electron chi connectivity index (χ2n) is 6.58. The first-order valence-electron chi connectivity index (χ1n) is 7.90. The summed E-state index contributed by atoms with van der Waals surface area (Å²) in [5.41, 5.74) is 1.55. The van der Waals surface area contributed by atoms with Crippen LogP contribution in [0, 0.1) is 5.82 Å². The summed E-state index contributed by atoms with van der Waals surface area (Å²) in [5.74, 6) is -0.147. The fourth-order valence-corrected chi connectivity index (χ4v) is 3.75. The molecule has 2 aliphatic rings. The normalized spacial score (nSPS) is 26.8. The van der Waals surface area contributed by atoms with Gasteiger partial charge in [-0.05, 0) is 50.4 Å². The van der Waals surface area contributed by atoms with Crippen LogP contribution in [-0.2, 0) is 6.54 Å². The van der Waals surface area contributed by atoms with Crippen LogP contribution in [0.1, 0.15) is 44.6 Å². The van der Waals surface area contributed by atoms with Gasteiger partial charge >= 0.3 is 0 Å². The fraction of sp³-hybridized carbons (Fsp3) is 0.647. The van der Waals surface area contributed by atoms with E-state index in [1.54, 1.807) is 12.1 Å². The van der Waals surface area contributed by atoms with Crippen molar-refractivity contribution in [2.24, 2.45) is 0 Å². The zero-order valence-electron chi connectivity index (χ0n) is 12.4. The molecule has 0 radical (unpaired) electrons. The summed E-state index contributed by atoms with van der Waals surface area (Å²) in [7, 11) is 0. The Bertz CT molecular complexity index is 437. The van der Waals surface area contributed by atoms with Crippen molar-refractivity contribution in [3.05, 3.63) is 35.6 Å². The van der Waals surface area contributed by atoms with E-state index < -0.39 is 0 Å². The molecule has 1 aliphatic heterocycles. The fourth-order valence-electron chi connectivity index (χ4n) is 3.75.